The van der Waals surface area contributed by atoms with E-state index in [9.17, 15) is 18.7 Å². The number of aromatic nitrogens is 1. The van der Waals surface area contributed by atoms with Crippen molar-refractivity contribution in [1.29, 1.82) is 0 Å². The first-order chi connectivity index (χ1) is 19.3. The molecule has 3 aromatic rings. The number of oxazole rings is 1. The highest BCUT2D eigenvalue weighted by Crippen LogP contribution is 2.39. The largest absolute Gasteiger partial charge is 0.444 e. The number of carbonyl (C=O) groups is 1. The number of amides is 1. The number of aliphatic hydroxyl groups is 1. The number of benzene rings is 2. The van der Waals surface area contributed by atoms with E-state index < -0.39 is 29.7 Å². The maximum Gasteiger partial charge on any atom is 0.251 e. The molecule has 214 valence electrons. The number of allylic oxidation sites excluding steroid dienone is 1. The Morgan fingerprint density at radius 3 is 2.73 bits per heavy atom. The molecule has 1 aromatic heterocycles. The normalized spacial score (nSPS) is 14.8. The van der Waals surface area contributed by atoms with E-state index in [4.69, 9.17) is 15.9 Å². The van der Waals surface area contributed by atoms with Crippen molar-refractivity contribution in [3.05, 3.63) is 77.5 Å². The fraction of sp³-hybridized carbons (Fsp3) is 0.379. The molecule has 0 saturated carbocycles. The fourth-order valence-electron chi connectivity index (χ4n) is 4.85. The Bertz CT molecular complexity index is 1310. The zero-order chi connectivity index (χ0) is 28.6. The monoisotopic (exact) mass is 554 g/mol. The molecule has 1 amide bonds. The molecule has 1 aliphatic rings. The van der Waals surface area contributed by atoms with E-state index >= 15 is 0 Å². The molecular weight excluding hydrogens is 518 g/mol. The van der Waals surface area contributed by atoms with Crippen molar-refractivity contribution in [2.24, 2.45) is 11.5 Å². The molecule has 2 heterocycles. The summed E-state index contributed by atoms with van der Waals surface area (Å²) >= 11 is 0. The van der Waals surface area contributed by atoms with E-state index in [-0.39, 0.29) is 19.3 Å². The van der Waals surface area contributed by atoms with Crippen molar-refractivity contribution >= 4 is 17.3 Å². The van der Waals surface area contributed by atoms with Crippen molar-refractivity contribution in [2.45, 2.75) is 51.2 Å². The summed E-state index contributed by atoms with van der Waals surface area (Å²) in [4.78, 5) is 20.2. The average molecular weight is 555 g/mol. The first-order valence-electron chi connectivity index (χ1n) is 13.5. The third-order valence-electron chi connectivity index (χ3n) is 6.95. The van der Waals surface area contributed by atoms with Gasteiger partial charge in [-0.3, -0.25) is 4.79 Å². The molecule has 2 atom stereocenters. The number of unbranched alkanes of at least 4 members (excludes halogenated alkanes) is 1. The van der Waals surface area contributed by atoms with Crippen LogP contribution in [-0.4, -0.2) is 47.8 Å². The van der Waals surface area contributed by atoms with Crippen LogP contribution in [0.5, 0.6) is 0 Å². The van der Waals surface area contributed by atoms with E-state index in [0.29, 0.717) is 28.3 Å². The maximum absolute atomic E-state index is 13.9. The molecule has 2 unspecified atom stereocenters. The van der Waals surface area contributed by atoms with Gasteiger partial charge in [0.25, 0.3) is 5.91 Å². The third kappa shape index (κ3) is 7.09. The van der Waals surface area contributed by atoms with Gasteiger partial charge in [-0.1, -0.05) is 13.3 Å². The summed E-state index contributed by atoms with van der Waals surface area (Å²) in [5.74, 6) is -1.57. The number of nitrogens with zero attached hydrogens (tertiary/aromatic N) is 2. The molecule has 0 aliphatic carbocycles. The molecule has 11 heteroatoms. The first kappa shape index (κ1) is 28.9. The Balaban J connectivity index is 1.67. The maximum atomic E-state index is 13.9. The van der Waals surface area contributed by atoms with Gasteiger partial charge in [-0.2, -0.15) is 0 Å². The van der Waals surface area contributed by atoms with Gasteiger partial charge in [-0.25, -0.2) is 13.8 Å². The van der Waals surface area contributed by atoms with Gasteiger partial charge in [-0.15, -0.1) is 0 Å². The van der Waals surface area contributed by atoms with Gasteiger partial charge in [0.05, 0.1) is 35.3 Å². The van der Waals surface area contributed by atoms with Crippen LogP contribution in [0.15, 0.2) is 59.1 Å². The van der Waals surface area contributed by atoms with Gasteiger partial charge in [0.2, 0.25) is 5.89 Å². The SMILES string of the molecule is CCCCN1CCNc2c(-c3ncco3)cc(C(=O)NC(Cc3cc(F)cc(F)c3)C(O)CC/C(N)=C/N)cc21. The lowest BCUT2D eigenvalue weighted by Crippen LogP contribution is -2.45. The predicted octanol–water partition coefficient (Wildman–Crippen LogP) is 3.89. The minimum atomic E-state index is -1.07. The lowest BCUT2D eigenvalue weighted by molar-refractivity contribution is 0.0814. The van der Waals surface area contributed by atoms with Crippen molar-refractivity contribution in [2.75, 3.05) is 29.9 Å². The lowest BCUT2D eigenvalue weighted by atomic mass is 9.96. The zero-order valence-electron chi connectivity index (χ0n) is 22.5. The molecular formula is C29H36F2N6O3. The summed E-state index contributed by atoms with van der Waals surface area (Å²) in [7, 11) is 0. The highest BCUT2D eigenvalue weighted by Gasteiger charge is 2.27. The van der Waals surface area contributed by atoms with Crippen molar-refractivity contribution in [3.63, 3.8) is 0 Å². The van der Waals surface area contributed by atoms with Crippen LogP contribution in [-0.2, 0) is 6.42 Å². The van der Waals surface area contributed by atoms with Crippen LogP contribution < -0.4 is 27.0 Å². The molecule has 7 N–H and O–H groups in total. The van der Waals surface area contributed by atoms with Crippen LogP contribution in [0.25, 0.3) is 11.5 Å². The number of carbonyl (C=O) groups excluding carboxylic acids is 1. The minimum absolute atomic E-state index is 0.00442. The van der Waals surface area contributed by atoms with Crippen molar-refractivity contribution in [3.8, 4) is 11.5 Å². The zero-order valence-corrected chi connectivity index (χ0v) is 22.5. The van der Waals surface area contributed by atoms with E-state index in [2.05, 4.69) is 27.4 Å². The molecule has 2 aromatic carbocycles. The van der Waals surface area contributed by atoms with Gasteiger partial charge >= 0.3 is 0 Å². The van der Waals surface area contributed by atoms with Crippen LogP contribution in [0, 0.1) is 11.6 Å². The smallest absolute Gasteiger partial charge is 0.251 e. The lowest BCUT2D eigenvalue weighted by Gasteiger charge is -2.33. The summed E-state index contributed by atoms with van der Waals surface area (Å²) in [6.07, 6.45) is 5.67. The molecule has 0 bridgehead atoms. The van der Waals surface area contributed by atoms with Crippen molar-refractivity contribution < 1.29 is 23.1 Å². The second kappa shape index (κ2) is 13.3. The number of hydrogen-bond donors (Lipinski definition) is 5. The van der Waals surface area contributed by atoms with Crippen molar-refractivity contribution in [1.82, 2.24) is 10.3 Å². The second-order valence-electron chi connectivity index (χ2n) is 9.93. The molecule has 40 heavy (non-hydrogen) atoms. The Morgan fingerprint density at radius 1 is 1.27 bits per heavy atom. The molecule has 0 saturated heterocycles. The number of rotatable bonds is 12. The van der Waals surface area contributed by atoms with E-state index in [1.807, 2.05) is 0 Å². The van der Waals surface area contributed by atoms with E-state index in [1.165, 1.54) is 30.8 Å². The quantitative estimate of drug-likeness (QED) is 0.227. The summed E-state index contributed by atoms with van der Waals surface area (Å²) in [5.41, 5.74) is 14.6. The van der Waals surface area contributed by atoms with E-state index in [1.54, 1.807) is 12.1 Å². The number of nitrogens with one attached hydrogen (secondary N) is 2. The topological polar surface area (TPSA) is 143 Å². The number of hydrogen-bond acceptors (Lipinski definition) is 8. The highest BCUT2D eigenvalue weighted by molar-refractivity contribution is 6.00. The summed E-state index contributed by atoms with van der Waals surface area (Å²) in [6.45, 7) is 4.45. The average Bonchev–Trinajstić information content (AvgIpc) is 3.48. The van der Waals surface area contributed by atoms with Gasteiger partial charge in [0.15, 0.2) is 0 Å². The number of fused-ring (bicyclic) bond motifs is 1. The van der Waals surface area contributed by atoms with Crippen LogP contribution in [0.1, 0.15) is 48.5 Å². The second-order valence-corrected chi connectivity index (χ2v) is 9.93. The predicted molar refractivity (Wildman–Crippen MR) is 151 cm³/mol. The van der Waals surface area contributed by atoms with Gasteiger partial charge in [0, 0.05) is 43.2 Å². The molecule has 0 spiro atoms. The number of anilines is 2. The Labute approximate surface area is 232 Å². The van der Waals surface area contributed by atoms with Gasteiger partial charge < -0.3 is 36.5 Å². The molecule has 4 rings (SSSR count). The van der Waals surface area contributed by atoms with E-state index in [0.717, 1.165) is 49.9 Å². The Kier molecular flexibility index (Phi) is 9.60. The summed E-state index contributed by atoms with van der Waals surface area (Å²) in [6, 6.07) is 5.76. The molecule has 9 nitrogen and oxygen atoms in total. The Hall–Kier alpha value is -4.12. The highest BCUT2D eigenvalue weighted by atomic mass is 19.1. The Morgan fingerprint density at radius 2 is 2.05 bits per heavy atom. The number of aliphatic hydroxyl groups excluding tert-OH is 1. The number of halogens is 2. The number of nitrogens with two attached hydrogens (primary N) is 2. The summed E-state index contributed by atoms with van der Waals surface area (Å²) in [5, 5.41) is 17.3. The standard InChI is InChI=1S/C29H36F2N6O3/c1-2-3-8-37-9-6-34-27-23(29-35-7-10-40-29)14-19(15-25(27)37)28(39)36-24(26(38)5-4-22(33)17-32)13-18-11-20(30)16-21(31)12-18/h7,10-12,14-17,24,26,34,38H,2-6,8-9,13,32-33H2,1H3,(H,36,39)/b22-17-. The molecule has 0 radical (unpaired) electrons. The third-order valence-corrected chi connectivity index (χ3v) is 6.95. The summed E-state index contributed by atoms with van der Waals surface area (Å²) < 4.78 is 33.4. The van der Waals surface area contributed by atoms with Crippen LogP contribution in [0.2, 0.25) is 0 Å². The van der Waals surface area contributed by atoms with Crippen LogP contribution in [0.3, 0.4) is 0 Å². The minimum Gasteiger partial charge on any atom is -0.444 e. The van der Waals surface area contributed by atoms with Gasteiger partial charge in [0.1, 0.15) is 17.9 Å². The molecule has 0 fully saturated rings. The molecule has 1 aliphatic heterocycles. The first-order valence-corrected chi connectivity index (χ1v) is 13.5. The van der Waals surface area contributed by atoms with Gasteiger partial charge in [-0.05, 0) is 55.5 Å². The van der Waals surface area contributed by atoms with Crippen LogP contribution >= 0.6 is 0 Å². The fourth-order valence-corrected chi connectivity index (χ4v) is 4.85. The van der Waals surface area contributed by atoms with Crippen LogP contribution in [0.4, 0.5) is 20.2 Å².